The molecule has 1 N–H and O–H groups in total. The van der Waals surface area contributed by atoms with E-state index in [1.54, 1.807) is 0 Å². The van der Waals surface area contributed by atoms with Gasteiger partial charge >= 0.3 is 0 Å². The smallest absolute Gasteiger partial charge is 0.0619 e. The summed E-state index contributed by atoms with van der Waals surface area (Å²) in [6.45, 7) is 10.9. The molecule has 14 heavy (non-hydrogen) atoms. The minimum absolute atomic E-state index is 0.322. The third kappa shape index (κ3) is 2.10. The van der Waals surface area contributed by atoms with Gasteiger partial charge in [0.05, 0.1) is 13.2 Å². The van der Waals surface area contributed by atoms with Crippen LogP contribution in [0.4, 0.5) is 0 Å². The lowest BCUT2D eigenvalue weighted by Crippen LogP contribution is -2.50. The molecule has 82 valence electrons. The molecule has 0 saturated carbocycles. The van der Waals surface area contributed by atoms with Gasteiger partial charge in [0.1, 0.15) is 0 Å². The van der Waals surface area contributed by atoms with Crippen LogP contribution < -0.4 is 5.32 Å². The zero-order valence-corrected chi connectivity index (χ0v) is 9.55. The number of morpholine rings is 1. The highest BCUT2D eigenvalue weighted by atomic mass is 16.5. The molecule has 0 spiro atoms. The van der Waals surface area contributed by atoms with Gasteiger partial charge < -0.3 is 10.1 Å². The van der Waals surface area contributed by atoms with E-state index >= 15 is 0 Å². The Morgan fingerprint density at radius 2 is 2.21 bits per heavy atom. The van der Waals surface area contributed by atoms with Gasteiger partial charge in [0, 0.05) is 30.7 Å². The van der Waals surface area contributed by atoms with Gasteiger partial charge in [-0.1, -0.05) is 0 Å². The van der Waals surface area contributed by atoms with Crippen LogP contribution in [0.3, 0.4) is 0 Å². The molecule has 3 heteroatoms. The van der Waals surface area contributed by atoms with E-state index in [1.165, 1.54) is 6.42 Å². The normalized spacial score (nSPS) is 38.8. The van der Waals surface area contributed by atoms with E-state index in [-0.39, 0.29) is 0 Å². The Labute approximate surface area is 86.8 Å². The van der Waals surface area contributed by atoms with Crippen molar-refractivity contribution in [1.82, 2.24) is 10.2 Å². The van der Waals surface area contributed by atoms with Crippen molar-refractivity contribution in [1.29, 1.82) is 0 Å². The Morgan fingerprint density at radius 3 is 2.79 bits per heavy atom. The maximum Gasteiger partial charge on any atom is 0.0619 e. The standard InChI is InChI=1S/C11H22N2O/c1-9-8-14-5-4-13(9)10-6-11(2,3)12-7-10/h9-10,12H,4-8H2,1-3H3. The quantitative estimate of drug-likeness (QED) is 0.676. The summed E-state index contributed by atoms with van der Waals surface area (Å²) in [7, 11) is 0. The van der Waals surface area contributed by atoms with Crippen molar-refractivity contribution < 1.29 is 4.74 Å². The highest BCUT2D eigenvalue weighted by Gasteiger charge is 2.36. The molecule has 2 aliphatic heterocycles. The number of hydrogen-bond acceptors (Lipinski definition) is 3. The predicted octanol–water partition coefficient (Wildman–Crippen LogP) is 0.848. The fraction of sp³-hybridized carbons (Fsp3) is 1.00. The van der Waals surface area contributed by atoms with Gasteiger partial charge in [-0.2, -0.15) is 0 Å². The van der Waals surface area contributed by atoms with Gasteiger partial charge in [0.25, 0.3) is 0 Å². The van der Waals surface area contributed by atoms with Crippen LogP contribution in [0.1, 0.15) is 27.2 Å². The van der Waals surface area contributed by atoms with Gasteiger partial charge in [-0.25, -0.2) is 0 Å². The first-order valence-corrected chi connectivity index (χ1v) is 5.67. The maximum atomic E-state index is 5.46. The lowest BCUT2D eigenvalue weighted by molar-refractivity contribution is -0.0190. The number of nitrogens with one attached hydrogen (secondary N) is 1. The van der Waals surface area contributed by atoms with Crippen LogP contribution in [0.2, 0.25) is 0 Å². The molecule has 0 radical (unpaired) electrons. The zero-order chi connectivity index (χ0) is 10.2. The second kappa shape index (κ2) is 3.80. The molecule has 0 aromatic rings. The molecule has 0 aliphatic carbocycles. The summed E-state index contributed by atoms with van der Waals surface area (Å²) in [5, 5.41) is 3.58. The van der Waals surface area contributed by atoms with E-state index in [4.69, 9.17) is 4.74 Å². The predicted molar refractivity (Wildman–Crippen MR) is 57.5 cm³/mol. The largest absolute Gasteiger partial charge is 0.379 e. The number of nitrogens with zero attached hydrogens (tertiary/aromatic N) is 1. The van der Waals surface area contributed by atoms with Crippen LogP contribution in [-0.4, -0.2) is 48.8 Å². The van der Waals surface area contributed by atoms with E-state index in [1.807, 2.05) is 0 Å². The summed E-state index contributed by atoms with van der Waals surface area (Å²) in [6.07, 6.45) is 1.26. The highest BCUT2D eigenvalue weighted by Crippen LogP contribution is 2.24. The molecule has 2 aliphatic rings. The van der Waals surface area contributed by atoms with E-state index in [0.717, 1.165) is 26.3 Å². The minimum Gasteiger partial charge on any atom is -0.379 e. The molecule has 3 nitrogen and oxygen atoms in total. The molecule has 2 atom stereocenters. The number of ether oxygens (including phenoxy) is 1. The first kappa shape index (κ1) is 10.4. The fourth-order valence-electron chi connectivity index (χ4n) is 2.64. The van der Waals surface area contributed by atoms with Crippen molar-refractivity contribution in [2.24, 2.45) is 0 Å². The van der Waals surface area contributed by atoms with Crippen molar-refractivity contribution in [2.45, 2.75) is 44.8 Å². The lowest BCUT2D eigenvalue weighted by atomic mass is 9.99. The van der Waals surface area contributed by atoms with Gasteiger partial charge in [0.2, 0.25) is 0 Å². The van der Waals surface area contributed by atoms with Gasteiger partial charge in [0.15, 0.2) is 0 Å². The van der Waals surface area contributed by atoms with E-state index < -0.39 is 0 Å². The summed E-state index contributed by atoms with van der Waals surface area (Å²) in [5.41, 5.74) is 0.322. The molecule has 2 rings (SSSR count). The SMILES string of the molecule is CC1COCCN1C1CNC(C)(C)C1. The molecule has 0 aromatic heterocycles. The molecular formula is C11H22N2O. The Hall–Kier alpha value is -0.120. The van der Waals surface area contributed by atoms with Crippen LogP contribution >= 0.6 is 0 Å². The molecule has 0 bridgehead atoms. The van der Waals surface area contributed by atoms with E-state index in [9.17, 15) is 0 Å². The average Bonchev–Trinajstić information content (AvgIpc) is 2.47. The second-order valence-corrected chi connectivity index (χ2v) is 5.28. The van der Waals surface area contributed by atoms with Crippen LogP contribution in [0, 0.1) is 0 Å². The highest BCUT2D eigenvalue weighted by molar-refractivity contribution is 4.95. The average molecular weight is 198 g/mol. The van der Waals surface area contributed by atoms with Gasteiger partial charge in [-0.05, 0) is 27.2 Å². The van der Waals surface area contributed by atoms with Gasteiger partial charge in [-0.3, -0.25) is 4.90 Å². The third-order valence-electron chi connectivity index (χ3n) is 3.45. The third-order valence-corrected chi connectivity index (χ3v) is 3.45. The number of hydrogen-bond donors (Lipinski definition) is 1. The van der Waals surface area contributed by atoms with Crippen LogP contribution in [0.5, 0.6) is 0 Å². The second-order valence-electron chi connectivity index (χ2n) is 5.28. The van der Waals surface area contributed by atoms with Crippen molar-refractivity contribution >= 4 is 0 Å². The molecular weight excluding hydrogens is 176 g/mol. The summed E-state index contributed by atoms with van der Waals surface area (Å²) in [4.78, 5) is 2.60. The Kier molecular flexibility index (Phi) is 2.82. The summed E-state index contributed by atoms with van der Waals surface area (Å²) < 4.78 is 5.46. The van der Waals surface area contributed by atoms with E-state index in [2.05, 4.69) is 31.0 Å². The molecule has 0 aromatic carbocycles. The van der Waals surface area contributed by atoms with Gasteiger partial charge in [-0.15, -0.1) is 0 Å². The monoisotopic (exact) mass is 198 g/mol. The molecule has 2 heterocycles. The van der Waals surface area contributed by atoms with Crippen LogP contribution in [0.25, 0.3) is 0 Å². The molecule has 2 fully saturated rings. The Balaban J connectivity index is 1.95. The summed E-state index contributed by atoms with van der Waals surface area (Å²) in [6, 6.07) is 1.30. The maximum absolute atomic E-state index is 5.46. The van der Waals surface area contributed by atoms with Crippen molar-refractivity contribution in [3.05, 3.63) is 0 Å². The van der Waals surface area contributed by atoms with Crippen LogP contribution in [-0.2, 0) is 4.74 Å². The summed E-state index contributed by atoms with van der Waals surface area (Å²) in [5.74, 6) is 0. The zero-order valence-electron chi connectivity index (χ0n) is 9.55. The summed E-state index contributed by atoms with van der Waals surface area (Å²) >= 11 is 0. The van der Waals surface area contributed by atoms with Crippen LogP contribution in [0.15, 0.2) is 0 Å². The molecule has 2 saturated heterocycles. The van der Waals surface area contributed by atoms with Crippen molar-refractivity contribution in [3.63, 3.8) is 0 Å². The topological polar surface area (TPSA) is 24.5 Å². The van der Waals surface area contributed by atoms with E-state index in [0.29, 0.717) is 17.6 Å². The lowest BCUT2D eigenvalue weighted by Gasteiger charge is -2.37. The Bertz CT molecular complexity index is 205. The van der Waals surface area contributed by atoms with Crippen molar-refractivity contribution in [2.75, 3.05) is 26.3 Å². The fourth-order valence-corrected chi connectivity index (χ4v) is 2.64. The molecule has 2 unspecified atom stereocenters. The first-order chi connectivity index (χ1) is 6.58. The molecule has 0 amide bonds. The number of rotatable bonds is 1. The van der Waals surface area contributed by atoms with Crippen molar-refractivity contribution in [3.8, 4) is 0 Å². The minimum atomic E-state index is 0.322. The Morgan fingerprint density at radius 1 is 1.43 bits per heavy atom. The first-order valence-electron chi connectivity index (χ1n) is 5.67.